The minimum atomic E-state index is 0.658. The first-order valence-corrected chi connectivity index (χ1v) is 7.42. The van der Waals surface area contributed by atoms with Crippen LogP contribution in [0.2, 0.25) is 0 Å². The van der Waals surface area contributed by atoms with Crippen molar-refractivity contribution in [1.29, 1.82) is 0 Å². The number of anilines is 1. The summed E-state index contributed by atoms with van der Waals surface area (Å²) in [6.45, 7) is 2.95. The molecule has 0 radical (unpaired) electrons. The lowest BCUT2D eigenvalue weighted by Gasteiger charge is -2.10. The Labute approximate surface area is 134 Å². The smallest absolute Gasteiger partial charge is 0.170 e. The molecule has 0 spiro atoms. The van der Waals surface area contributed by atoms with Crippen molar-refractivity contribution < 1.29 is 9.47 Å². The van der Waals surface area contributed by atoms with Gasteiger partial charge in [0.25, 0.3) is 0 Å². The minimum Gasteiger partial charge on any atom is -0.493 e. The van der Waals surface area contributed by atoms with E-state index in [9.17, 15) is 0 Å². The van der Waals surface area contributed by atoms with Gasteiger partial charge < -0.3 is 14.8 Å². The highest BCUT2D eigenvalue weighted by molar-refractivity contribution is 5.84. The molecule has 3 rings (SSSR count). The van der Waals surface area contributed by atoms with Crippen molar-refractivity contribution in [2.45, 2.75) is 13.3 Å². The van der Waals surface area contributed by atoms with Gasteiger partial charge in [0.2, 0.25) is 0 Å². The number of nitrogens with zero attached hydrogens (tertiary/aromatic N) is 4. The highest BCUT2D eigenvalue weighted by Crippen LogP contribution is 2.30. The maximum Gasteiger partial charge on any atom is 0.170 e. The number of rotatable bonds is 6. The fourth-order valence-electron chi connectivity index (χ4n) is 2.37. The summed E-state index contributed by atoms with van der Waals surface area (Å²) in [5.41, 5.74) is 2.38. The molecule has 23 heavy (non-hydrogen) atoms. The van der Waals surface area contributed by atoms with E-state index in [2.05, 4.69) is 27.2 Å². The van der Waals surface area contributed by atoms with Crippen LogP contribution in [0.25, 0.3) is 16.9 Å². The number of hydrogen-bond acceptors (Lipinski definition) is 6. The van der Waals surface area contributed by atoms with Crippen LogP contribution in [0.4, 0.5) is 5.82 Å². The summed E-state index contributed by atoms with van der Waals surface area (Å²) >= 11 is 0. The van der Waals surface area contributed by atoms with E-state index < -0.39 is 0 Å². The molecule has 0 aliphatic rings. The number of imidazole rings is 1. The standard InChI is InChI=1S/C16H19N5O2/c1-4-7-17-15-14-16(19-9-18-15)21(10-20-14)11-5-6-12(22-2)13(8-11)23-3/h5-6,8-10H,4,7H2,1-3H3,(H,17,18,19). The molecule has 0 saturated carbocycles. The average Bonchev–Trinajstić information content (AvgIpc) is 3.04. The lowest BCUT2D eigenvalue weighted by Crippen LogP contribution is -2.03. The number of ether oxygens (including phenoxy) is 2. The molecule has 0 fully saturated rings. The Kier molecular flexibility index (Phi) is 4.27. The largest absolute Gasteiger partial charge is 0.493 e. The van der Waals surface area contributed by atoms with Gasteiger partial charge in [-0.3, -0.25) is 4.57 Å². The quantitative estimate of drug-likeness (QED) is 0.754. The van der Waals surface area contributed by atoms with Crippen LogP contribution in [-0.4, -0.2) is 40.3 Å². The predicted molar refractivity (Wildman–Crippen MR) is 88.5 cm³/mol. The van der Waals surface area contributed by atoms with E-state index in [-0.39, 0.29) is 0 Å². The zero-order valence-electron chi connectivity index (χ0n) is 13.4. The van der Waals surface area contributed by atoms with E-state index in [4.69, 9.17) is 9.47 Å². The van der Waals surface area contributed by atoms with Crippen molar-refractivity contribution in [3.63, 3.8) is 0 Å². The molecule has 3 aromatic rings. The third-order valence-electron chi connectivity index (χ3n) is 3.52. The second-order valence-electron chi connectivity index (χ2n) is 4.98. The molecule has 1 N–H and O–H groups in total. The van der Waals surface area contributed by atoms with Crippen LogP contribution in [0.1, 0.15) is 13.3 Å². The minimum absolute atomic E-state index is 0.658. The Bertz CT molecular complexity index is 815. The van der Waals surface area contributed by atoms with E-state index in [1.807, 2.05) is 22.8 Å². The summed E-state index contributed by atoms with van der Waals surface area (Å²) in [6.07, 6.45) is 4.29. The van der Waals surface area contributed by atoms with Gasteiger partial charge >= 0.3 is 0 Å². The third kappa shape index (κ3) is 2.77. The van der Waals surface area contributed by atoms with Gasteiger partial charge in [0, 0.05) is 12.6 Å². The summed E-state index contributed by atoms with van der Waals surface area (Å²) in [7, 11) is 3.23. The average molecular weight is 313 g/mol. The summed E-state index contributed by atoms with van der Waals surface area (Å²) < 4.78 is 12.5. The first-order valence-electron chi connectivity index (χ1n) is 7.42. The summed E-state index contributed by atoms with van der Waals surface area (Å²) in [5, 5.41) is 3.27. The number of aromatic nitrogens is 4. The number of methoxy groups -OCH3 is 2. The Morgan fingerprint density at radius 3 is 2.65 bits per heavy atom. The predicted octanol–water partition coefficient (Wildman–Crippen LogP) is 2.65. The highest BCUT2D eigenvalue weighted by atomic mass is 16.5. The zero-order valence-corrected chi connectivity index (χ0v) is 13.4. The van der Waals surface area contributed by atoms with Gasteiger partial charge in [-0.1, -0.05) is 6.92 Å². The van der Waals surface area contributed by atoms with Crippen molar-refractivity contribution >= 4 is 17.0 Å². The van der Waals surface area contributed by atoms with Crippen LogP contribution in [-0.2, 0) is 0 Å². The fourth-order valence-corrected chi connectivity index (χ4v) is 2.37. The van der Waals surface area contributed by atoms with Gasteiger partial charge in [-0.2, -0.15) is 0 Å². The fraction of sp³-hybridized carbons (Fsp3) is 0.312. The van der Waals surface area contributed by atoms with Crippen LogP contribution in [0.15, 0.2) is 30.9 Å². The van der Waals surface area contributed by atoms with Gasteiger partial charge in [-0.05, 0) is 18.6 Å². The number of nitrogens with one attached hydrogen (secondary N) is 1. The summed E-state index contributed by atoms with van der Waals surface area (Å²) in [4.78, 5) is 13.1. The van der Waals surface area contributed by atoms with Gasteiger partial charge in [0.15, 0.2) is 28.5 Å². The maximum absolute atomic E-state index is 5.36. The number of hydrogen-bond donors (Lipinski definition) is 1. The molecular weight excluding hydrogens is 294 g/mol. The lowest BCUT2D eigenvalue weighted by atomic mass is 10.2. The van der Waals surface area contributed by atoms with Crippen molar-refractivity contribution in [3.8, 4) is 17.2 Å². The highest BCUT2D eigenvalue weighted by Gasteiger charge is 2.12. The van der Waals surface area contributed by atoms with Crippen LogP contribution in [0, 0.1) is 0 Å². The van der Waals surface area contributed by atoms with Gasteiger partial charge in [0.1, 0.15) is 12.7 Å². The van der Waals surface area contributed by atoms with Crippen molar-refractivity contribution in [2.75, 3.05) is 26.1 Å². The molecule has 0 unspecified atom stereocenters. The molecule has 2 heterocycles. The first-order chi connectivity index (χ1) is 11.3. The monoisotopic (exact) mass is 313 g/mol. The molecule has 7 heteroatoms. The van der Waals surface area contributed by atoms with E-state index in [1.165, 1.54) is 0 Å². The van der Waals surface area contributed by atoms with E-state index >= 15 is 0 Å². The third-order valence-corrected chi connectivity index (χ3v) is 3.52. The molecule has 0 aliphatic carbocycles. The number of fused-ring (bicyclic) bond motifs is 1. The van der Waals surface area contributed by atoms with E-state index in [1.54, 1.807) is 26.9 Å². The molecule has 2 aromatic heterocycles. The second-order valence-corrected chi connectivity index (χ2v) is 4.98. The molecule has 0 bridgehead atoms. The topological polar surface area (TPSA) is 74.1 Å². The van der Waals surface area contributed by atoms with E-state index in [0.29, 0.717) is 11.5 Å². The van der Waals surface area contributed by atoms with Crippen LogP contribution in [0.5, 0.6) is 11.5 Å². The normalized spacial score (nSPS) is 10.7. The molecule has 7 nitrogen and oxygen atoms in total. The summed E-state index contributed by atoms with van der Waals surface area (Å²) in [6, 6.07) is 5.68. The molecule has 1 aromatic carbocycles. The van der Waals surface area contributed by atoms with Crippen LogP contribution in [0.3, 0.4) is 0 Å². The second kappa shape index (κ2) is 6.51. The van der Waals surface area contributed by atoms with Gasteiger partial charge in [-0.25, -0.2) is 15.0 Å². The van der Waals surface area contributed by atoms with Crippen molar-refractivity contribution in [1.82, 2.24) is 19.5 Å². The summed E-state index contributed by atoms with van der Waals surface area (Å²) in [5.74, 6) is 2.09. The molecule has 120 valence electrons. The van der Waals surface area contributed by atoms with Crippen LogP contribution >= 0.6 is 0 Å². The molecule has 0 amide bonds. The first kappa shape index (κ1) is 15.1. The Hall–Kier alpha value is -2.83. The van der Waals surface area contributed by atoms with Crippen molar-refractivity contribution in [3.05, 3.63) is 30.9 Å². The van der Waals surface area contributed by atoms with Gasteiger partial charge in [-0.15, -0.1) is 0 Å². The zero-order chi connectivity index (χ0) is 16.2. The SMILES string of the molecule is CCCNc1ncnc2c1ncn2-c1ccc(OC)c(OC)c1. The van der Waals surface area contributed by atoms with E-state index in [0.717, 1.165) is 35.6 Å². The Morgan fingerprint density at radius 1 is 1.09 bits per heavy atom. The maximum atomic E-state index is 5.36. The lowest BCUT2D eigenvalue weighted by molar-refractivity contribution is 0.355. The van der Waals surface area contributed by atoms with Gasteiger partial charge in [0.05, 0.1) is 19.9 Å². The molecule has 0 aliphatic heterocycles. The Balaban J connectivity index is 2.07. The molecular formula is C16H19N5O2. The molecule has 0 atom stereocenters. The Morgan fingerprint density at radius 2 is 1.91 bits per heavy atom. The molecule has 0 saturated heterocycles. The van der Waals surface area contributed by atoms with Crippen LogP contribution < -0.4 is 14.8 Å². The number of benzene rings is 1. The van der Waals surface area contributed by atoms with Crippen molar-refractivity contribution in [2.24, 2.45) is 0 Å².